The van der Waals surface area contributed by atoms with Crippen LogP contribution >= 0.6 is 0 Å². The van der Waals surface area contributed by atoms with Crippen molar-refractivity contribution in [1.29, 1.82) is 5.26 Å². The van der Waals surface area contributed by atoms with Gasteiger partial charge in [-0.1, -0.05) is 6.92 Å². The Morgan fingerprint density at radius 1 is 1.39 bits per heavy atom. The van der Waals surface area contributed by atoms with Gasteiger partial charge in [-0.3, -0.25) is 4.90 Å². The number of nitriles is 1. The zero-order chi connectivity index (χ0) is 20.3. The lowest BCUT2D eigenvalue weighted by Crippen LogP contribution is -2.59. The van der Waals surface area contributed by atoms with E-state index < -0.39 is 0 Å². The number of carbonyl (C=O) groups excluding carboxylic acids is 1. The van der Waals surface area contributed by atoms with E-state index in [1.807, 2.05) is 24.9 Å². The van der Waals surface area contributed by atoms with Gasteiger partial charge in [0.25, 0.3) is 0 Å². The Balaban J connectivity index is 1.82. The summed E-state index contributed by atoms with van der Waals surface area (Å²) in [5, 5.41) is 12.8. The second-order valence-electron chi connectivity index (χ2n) is 7.92. The summed E-state index contributed by atoms with van der Waals surface area (Å²) in [5.41, 5.74) is 8.69. The molecule has 0 bridgehead atoms. The van der Waals surface area contributed by atoms with E-state index in [2.05, 4.69) is 28.2 Å². The molecule has 0 saturated carbocycles. The Hall–Kier alpha value is -2.33. The number of pyridine rings is 1. The van der Waals surface area contributed by atoms with Crippen LogP contribution in [0.1, 0.15) is 50.3 Å². The molecular formula is C21H32N6O. The maximum atomic E-state index is 12.6. The van der Waals surface area contributed by atoms with Gasteiger partial charge in [0.15, 0.2) is 0 Å². The molecule has 3 unspecified atom stereocenters. The number of nitrogen functional groups attached to an aromatic ring is 1. The van der Waals surface area contributed by atoms with Crippen LogP contribution < -0.4 is 11.1 Å². The Bertz CT molecular complexity index is 754. The Kier molecular flexibility index (Phi) is 6.40. The van der Waals surface area contributed by atoms with Crippen LogP contribution in [0.3, 0.4) is 0 Å². The molecule has 1 saturated heterocycles. The summed E-state index contributed by atoms with van der Waals surface area (Å²) < 4.78 is 0. The average molecular weight is 385 g/mol. The number of fused-ring (bicyclic) bond motifs is 2. The van der Waals surface area contributed by atoms with Crippen molar-refractivity contribution in [2.24, 2.45) is 5.92 Å². The van der Waals surface area contributed by atoms with Gasteiger partial charge in [-0.2, -0.15) is 5.26 Å². The van der Waals surface area contributed by atoms with Gasteiger partial charge < -0.3 is 16.0 Å². The van der Waals surface area contributed by atoms with Crippen molar-refractivity contribution in [3.63, 3.8) is 0 Å². The number of hydrogen-bond acceptors (Lipinski definition) is 5. The zero-order valence-corrected chi connectivity index (χ0v) is 17.2. The van der Waals surface area contributed by atoms with Gasteiger partial charge in [-0.05, 0) is 63.1 Å². The lowest BCUT2D eigenvalue weighted by Gasteiger charge is -2.48. The summed E-state index contributed by atoms with van der Waals surface area (Å²) in [7, 11) is 0. The number of aromatic nitrogens is 1. The smallest absolute Gasteiger partial charge is 0.317 e. The Labute approximate surface area is 167 Å². The topological polar surface area (TPSA) is 98.3 Å². The molecule has 3 N–H and O–H groups in total. The fourth-order valence-electron chi connectivity index (χ4n) is 4.88. The minimum Gasteiger partial charge on any atom is -0.383 e. The van der Waals surface area contributed by atoms with E-state index in [1.54, 1.807) is 0 Å². The molecule has 2 heterocycles. The highest BCUT2D eigenvalue weighted by Gasteiger charge is 2.40. The average Bonchev–Trinajstić information content (AvgIpc) is 2.68. The Morgan fingerprint density at radius 3 is 2.79 bits per heavy atom. The Morgan fingerprint density at radius 2 is 2.14 bits per heavy atom. The number of nitrogens with zero attached hydrogens (tertiary/aromatic N) is 4. The van der Waals surface area contributed by atoms with E-state index in [4.69, 9.17) is 5.73 Å². The van der Waals surface area contributed by atoms with E-state index in [-0.39, 0.29) is 12.1 Å². The summed E-state index contributed by atoms with van der Waals surface area (Å²) in [5.74, 6) is 0.732. The van der Waals surface area contributed by atoms with E-state index in [9.17, 15) is 10.1 Å². The van der Waals surface area contributed by atoms with Crippen molar-refractivity contribution in [3.8, 4) is 6.07 Å². The number of carbonyl (C=O) groups is 1. The molecule has 152 valence electrons. The molecule has 3 atom stereocenters. The molecule has 1 aromatic heterocycles. The number of nitrogens with one attached hydrogen (secondary N) is 1. The van der Waals surface area contributed by atoms with Crippen molar-refractivity contribution in [3.05, 3.63) is 22.9 Å². The minimum absolute atomic E-state index is 0.0206. The lowest BCUT2D eigenvalue weighted by atomic mass is 9.73. The van der Waals surface area contributed by atoms with E-state index in [0.717, 1.165) is 49.9 Å². The van der Waals surface area contributed by atoms with Crippen LogP contribution in [-0.2, 0) is 12.8 Å². The third-order valence-corrected chi connectivity index (χ3v) is 6.26. The number of anilines is 1. The van der Waals surface area contributed by atoms with Gasteiger partial charge in [-0.25, -0.2) is 9.78 Å². The van der Waals surface area contributed by atoms with Gasteiger partial charge in [0.1, 0.15) is 11.9 Å². The van der Waals surface area contributed by atoms with Crippen molar-refractivity contribution >= 4 is 11.8 Å². The number of nitrogens with two attached hydrogens (primary N) is 1. The first-order valence-electron chi connectivity index (χ1n) is 10.5. The van der Waals surface area contributed by atoms with Crippen LogP contribution in [0.4, 0.5) is 10.6 Å². The first-order chi connectivity index (χ1) is 13.5. The van der Waals surface area contributed by atoms with E-state index >= 15 is 0 Å². The molecular weight excluding hydrogens is 352 g/mol. The van der Waals surface area contributed by atoms with Crippen LogP contribution in [-0.4, -0.2) is 59.1 Å². The van der Waals surface area contributed by atoms with Crippen LogP contribution in [0.5, 0.6) is 0 Å². The first-order valence-corrected chi connectivity index (χ1v) is 10.5. The molecule has 2 aliphatic rings. The van der Waals surface area contributed by atoms with Crippen LogP contribution in [0.15, 0.2) is 6.20 Å². The third kappa shape index (κ3) is 3.93. The SMILES string of the molecule is CCCN1CC(NC(=O)N(CC)CC)CC2Cc3c(cnc(N)c3C#N)CC21. The van der Waals surface area contributed by atoms with Crippen molar-refractivity contribution < 1.29 is 4.79 Å². The summed E-state index contributed by atoms with van der Waals surface area (Å²) in [6.07, 6.45) is 5.59. The highest BCUT2D eigenvalue weighted by molar-refractivity contribution is 5.74. The van der Waals surface area contributed by atoms with Gasteiger partial charge in [0, 0.05) is 37.9 Å². The normalized spacial score (nSPS) is 24.0. The van der Waals surface area contributed by atoms with Gasteiger partial charge in [0.2, 0.25) is 0 Å². The van der Waals surface area contributed by atoms with E-state index in [1.165, 1.54) is 0 Å². The molecule has 1 aliphatic heterocycles. The molecule has 2 amide bonds. The number of amides is 2. The largest absolute Gasteiger partial charge is 0.383 e. The lowest BCUT2D eigenvalue weighted by molar-refractivity contribution is 0.0634. The quantitative estimate of drug-likeness (QED) is 0.810. The number of hydrogen-bond donors (Lipinski definition) is 2. The maximum absolute atomic E-state index is 12.6. The molecule has 1 fully saturated rings. The summed E-state index contributed by atoms with van der Waals surface area (Å²) in [4.78, 5) is 21.2. The monoisotopic (exact) mass is 384 g/mol. The van der Waals surface area contributed by atoms with Gasteiger partial charge in [0.05, 0.1) is 5.56 Å². The zero-order valence-electron chi connectivity index (χ0n) is 17.2. The molecule has 0 aromatic carbocycles. The van der Waals surface area contributed by atoms with Crippen LogP contribution in [0, 0.1) is 17.2 Å². The van der Waals surface area contributed by atoms with Crippen molar-refractivity contribution in [2.75, 3.05) is 31.9 Å². The van der Waals surface area contributed by atoms with Crippen molar-refractivity contribution in [2.45, 2.75) is 58.5 Å². The number of rotatable bonds is 5. The van der Waals surface area contributed by atoms with Gasteiger partial charge >= 0.3 is 6.03 Å². The molecule has 0 radical (unpaired) electrons. The second-order valence-corrected chi connectivity index (χ2v) is 7.92. The van der Waals surface area contributed by atoms with Crippen LogP contribution in [0.25, 0.3) is 0 Å². The summed E-state index contributed by atoms with van der Waals surface area (Å²) >= 11 is 0. The molecule has 7 heteroatoms. The molecule has 1 aliphatic carbocycles. The number of likely N-dealkylation sites (tertiary alicyclic amines) is 1. The highest BCUT2D eigenvalue weighted by Crippen LogP contribution is 2.37. The van der Waals surface area contributed by atoms with E-state index in [0.29, 0.717) is 36.4 Å². The third-order valence-electron chi connectivity index (χ3n) is 6.26. The van der Waals surface area contributed by atoms with Gasteiger partial charge in [-0.15, -0.1) is 0 Å². The molecule has 0 spiro atoms. The predicted octanol–water partition coefficient (Wildman–Crippen LogP) is 2.15. The highest BCUT2D eigenvalue weighted by atomic mass is 16.2. The fourth-order valence-corrected chi connectivity index (χ4v) is 4.88. The maximum Gasteiger partial charge on any atom is 0.317 e. The standard InChI is InChI=1S/C21H32N6O/c1-4-7-27-13-16(25-21(28)26(5-2)6-3)8-14-9-17-15(10-19(14)27)12-24-20(23)18(17)11-22/h12,14,16,19H,4-10,13H2,1-3H3,(H2,23,24)(H,25,28). The summed E-state index contributed by atoms with van der Waals surface area (Å²) in [6.45, 7) is 9.52. The number of urea groups is 1. The summed E-state index contributed by atoms with van der Waals surface area (Å²) in [6, 6.07) is 2.84. The number of piperidine rings is 1. The molecule has 1 aromatic rings. The van der Waals surface area contributed by atoms with Crippen molar-refractivity contribution in [1.82, 2.24) is 20.1 Å². The molecule has 3 rings (SSSR count). The van der Waals surface area contributed by atoms with Crippen LogP contribution in [0.2, 0.25) is 0 Å². The molecule has 7 nitrogen and oxygen atoms in total. The molecule has 28 heavy (non-hydrogen) atoms. The minimum atomic E-state index is 0.0206. The fraction of sp³-hybridized carbons (Fsp3) is 0.667. The predicted molar refractivity (Wildman–Crippen MR) is 110 cm³/mol. The second kappa shape index (κ2) is 8.78. The first kappa shape index (κ1) is 20.4.